The number of benzene rings is 1. The lowest BCUT2D eigenvalue weighted by atomic mass is 9.80. The minimum atomic E-state index is -3.04. The van der Waals surface area contributed by atoms with Gasteiger partial charge in [-0.3, -0.25) is 4.98 Å². The summed E-state index contributed by atoms with van der Waals surface area (Å²) in [4.78, 5) is 13.4. The second kappa shape index (κ2) is 8.55. The summed E-state index contributed by atoms with van der Waals surface area (Å²) in [5.74, 6) is -0.307. The molecule has 1 aromatic carbocycles. The van der Waals surface area contributed by atoms with E-state index in [0.29, 0.717) is 35.3 Å². The van der Waals surface area contributed by atoms with Crippen LogP contribution in [0.2, 0.25) is 0 Å². The molecule has 1 fully saturated rings. The molecule has 0 bridgehead atoms. The fourth-order valence-electron chi connectivity index (χ4n) is 4.25. The van der Waals surface area contributed by atoms with Gasteiger partial charge in [0.1, 0.15) is 27.8 Å². The van der Waals surface area contributed by atoms with Gasteiger partial charge in [-0.25, -0.2) is 31.6 Å². The SMILES string of the molecule is Cc1nc(C2(C)CCS(=O)(=O)CC2)cc2c(N[C@H](C)c3cccc(C(F)F)c3F)ncnc12. The van der Waals surface area contributed by atoms with Gasteiger partial charge in [-0.15, -0.1) is 0 Å². The molecule has 1 saturated heterocycles. The molecule has 4 rings (SSSR count). The molecule has 6 nitrogen and oxygen atoms in total. The molecule has 0 aliphatic carbocycles. The summed E-state index contributed by atoms with van der Waals surface area (Å²) < 4.78 is 64.8. The molecule has 0 unspecified atom stereocenters. The molecule has 3 heterocycles. The maximum atomic E-state index is 14.7. The van der Waals surface area contributed by atoms with Gasteiger partial charge in [0.2, 0.25) is 0 Å². The largest absolute Gasteiger partial charge is 0.363 e. The molecule has 1 atom stereocenters. The topological polar surface area (TPSA) is 84.8 Å². The van der Waals surface area contributed by atoms with Crippen LogP contribution in [0.4, 0.5) is 19.0 Å². The van der Waals surface area contributed by atoms with E-state index in [-0.39, 0.29) is 17.1 Å². The van der Waals surface area contributed by atoms with E-state index in [4.69, 9.17) is 4.98 Å². The molecule has 1 N–H and O–H groups in total. The van der Waals surface area contributed by atoms with Crippen molar-refractivity contribution in [3.63, 3.8) is 0 Å². The maximum absolute atomic E-state index is 14.7. The zero-order valence-electron chi connectivity index (χ0n) is 18.6. The lowest BCUT2D eigenvalue weighted by Gasteiger charge is -2.33. The molecular formula is C23H25F3N4O2S. The van der Waals surface area contributed by atoms with Crippen molar-refractivity contribution in [1.29, 1.82) is 0 Å². The summed E-state index contributed by atoms with van der Waals surface area (Å²) in [5, 5.41) is 3.79. The highest BCUT2D eigenvalue weighted by atomic mass is 32.2. The average Bonchev–Trinajstić information content (AvgIpc) is 2.76. The highest BCUT2D eigenvalue weighted by molar-refractivity contribution is 7.91. The zero-order chi connectivity index (χ0) is 24.0. The Balaban J connectivity index is 1.73. The predicted octanol–water partition coefficient (Wildman–Crippen LogP) is 5.05. The molecule has 0 radical (unpaired) electrons. The number of alkyl halides is 2. The van der Waals surface area contributed by atoms with Crippen LogP contribution in [0.5, 0.6) is 0 Å². The fraction of sp³-hybridized carbons (Fsp3) is 0.435. The highest BCUT2D eigenvalue weighted by Gasteiger charge is 2.36. The van der Waals surface area contributed by atoms with Crippen LogP contribution in [0.15, 0.2) is 30.6 Å². The lowest BCUT2D eigenvalue weighted by molar-refractivity contribution is 0.146. The molecule has 1 aliphatic heterocycles. The van der Waals surface area contributed by atoms with Crippen LogP contribution in [0.25, 0.3) is 10.9 Å². The molecule has 3 aromatic rings. The average molecular weight is 479 g/mol. The van der Waals surface area contributed by atoms with E-state index >= 15 is 0 Å². The van der Waals surface area contributed by atoms with Crippen molar-refractivity contribution in [2.45, 2.75) is 51.5 Å². The Morgan fingerprint density at radius 1 is 1.12 bits per heavy atom. The Labute approximate surface area is 190 Å². The summed E-state index contributed by atoms with van der Waals surface area (Å²) in [6.45, 7) is 5.49. The maximum Gasteiger partial charge on any atom is 0.266 e. The van der Waals surface area contributed by atoms with Crippen molar-refractivity contribution >= 4 is 26.6 Å². The smallest absolute Gasteiger partial charge is 0.266 e. The number of nitrogens with zero attached hydrogens (tertiary/aromatic N) is 3. The molecule has 33 heavy (non-hydrogen) atoms. The van der Waals surface area contributed by atoms with Gasteiger partial charge in [0, 0.05) is 22.1 Å². The van der Waals surface area contributed by atoms with Crippen molar-refractivity contribution in [2.75, 3.05) is 16.8 Å². The normalized spacial score (nSPS) is 18.4. The first-order valence-corrected chi connectivity index (χ1v) is 12.5. The fourth-order valence-corrected chi connectivity index (χ4v) is 5.97. The number of halogens is 3. The number of rotatable bonds is 5. The molecular weight excluding hydrogens is 453 g/mol. The summed E-state index contributed by atoms with van der Waals surface area (Å²) in [5.41, 5.74) is 1.07. The van der Waals surface area contributed by atoms with Crippen molar-refractivity contribution in [3.05, 3.63) is 58.9 Å². The van der Waals surface area contributed by atoms with E-state index in [1.807, 2.05) is 19.9 Å². The second-order valence-electron chi connectivity index (χ2n) is 8.84. The Morgan fingerprint density at radius 2 is 1.79 bits per heavy atom. The van der Waals surface area contributed by atoms with Crippen LogP contribution in [-0.2, 0) is 15.3 Å². The number of fused-ring (bicyclic) bond motifs is 1. The Hall–Kier alpha value is -2.75. The molecule has 1 aliphatic rings. The Morgan fingerprint density at radius 3 is 2.45 bits per heavy atom. The van der Waals surface area contributed by atoms with E-state index in [1.165, 1.54) is 18.5 Å². The number of aromatic nitrogens is 3. The van der Waals surface area contributed by atoms with Gasteiger partial charge in [0.05, 0.1) is 34.3 Å². The van der Waals surface area contributed by atoms with Crippen LogP contribution in [0.3, 0.4) is 0 Å². The predicted molar refractivity (Wildman–Crippen MR) is 121 cm³/mol. The lowest BCUT2D eigenvalue weighted by Crippen LogP contribution is -2.35. The first-order valence-electron chi connectivity index (χ1n) is 10.7. The third kappa shape index (κ3) is 4.53. The van der Waals surface area contributed by atoms with Crippen molar-refractivity contribution in [3.8, 4) is 0 Å². The first-order chi connectivity index (χ1) is 15.5. The van der Waals surface area contributed by atoms with E-state index in [0.717, 1.165) is 11.8 Å². The Bertz CT molecular complexity index is 1300. The number of aryl methyl sites for hydroxylation is 1. The van der Waals surface area contributed by atoms with Crippen LogP contribution >= 0.6 is 0 Å². The second-order valence-corrected chi connectivity index (χ2v) is 11.1. The van der Waals surface area contributed by atoms with Crippen LogP contribution in [0, 0.1) is 12.7 Å². The van der Waals surface area contributed by atoms with Crippen molar-refractivity contribution < 1.29 is 21.6 Å². The van der Waals surface area contributed by atoms with Gasteiger partial charge in [0.15, 0.2) is 0 Å². The van der Waals surface area contributed by atoms with Crippen LogP contribution in [-0.4, -0.2) is 34.9 Å². The van der Waals surface area contributed by atoms with Crippen LogP contribution < -0.4 is 5.32 Å². The minimum Gasteiger partial charge on any atom is -0.363 e. The van der Waals surface area contributed by atoms with Gasteiger partial charge >= 0.3 is 0 Å². The molecule has 0 amide bonds. The van der Waals surface area contributed by atoms with Gasteiger partial charge in [-0.1, -0.05) is 25.1 Å². The third-order valence-electron chi connectivity index (χ3n) is 6.46. The van der Waals surface area contributed by atoms with E-state index in [1.54, 1.807) is 6.92 Å². The monoisotopic (exact) mass is 478 g/mol. The van der Waals surface area contributed by atoms with Gasteiger partial charge in [-0.2, -0.15) is 0 Å². The van der Waals surface area contributed by atoms with Crippen molar-refractivity contribution in [1.82, 2.24) is 15.0 Å². The number of anilines is 1. The molecule has 0 saturated carbocycles. The molecule has 0 spiro atoms. The number of pyridine rings is 1. The molecule has 10 heteroatoms. The number of hydrogen-bond donors (Lipinski definition) is 1. The van der Waals surface area contributed by atoms with Crippen LogP contribution in [0.1, 0.15) is 61.7 Å². The summed E-state index contributed by atoms with van der Waals surface area (Å²) in [7, 11) is -3.04. The summed E-state index contributed by atoms with van der Waals surface area (Å²) >= 11 is 0. The van der Waals surface area contributed by atoms with Gasteiger partial charge in [0.25, 0.3) is 6.43 Å². The summed E-state index contributed by atoms with van der Waals surface area (Å²) in [6, 6.07) is 5.14. The molecule has 176 valence electrons. The number of hydrogen-bond acceptors (Lipinski definition) is 6. The van der Waals surface area contributed by atoms with Gasteiger partial charge in [-0.05, 0) is 32.8 Å². The summed E-state index contributed by atoms with van der Waals surface area (Å²) in [6.07, 6.45) is -0.613. The van der Waals surface area contributed by atoms with E-state index < -0.39 is 39.1 Å². The van der Waals surface area contributed by atoms with E-state index in [2.05, 4.69) is 15.3 Å². The van der Waals surface area contributed by atoms with Gasteiger partial charge < -0.3 is 5.32 Å². The van der Waals surface area contributed by atoms with E-state index in [9.17, 15) is 21.6 Å². The third-order valence-corrected chi connectivity index (χ3v) is 8.11. The highest BCUT2D eigenvalue weighted by Crippen LogP contribution is 2.38. The quantitative estimate of drug-likeness (QED) is 0.553. The number of sulfone groups is 1. The number of nitrogens with one attached hydrogen (secondary N) is 1. The minimum absolute atomic E-state index is 0.106. The van der Waals surface area contributed by atoms with Crippen molar-refractivity contribution in [2.24, 2.45) is 0 Å². The zero-order valence-corrected chi connectivity index (χ0v) is 19.4. The first kappa shape index (κ1) is 23.4. The molecule has 2 aromatic heterocycles. The Kier molecular flexibility index (Phi) is 6.07. The standard InChI is InChI=1S/C23H25F3N4O2S/c1-13(15-5-4-6-16(19(15)24)21(25)26)30-22-17-11-18(29-14(2)20(17)27-12-28-22)23(3)7-9-33(31,32)10-8-23/h4-6,11-13,21H,7-10H2,1-3H3,(H,27,28,30)/t13-/m1/s1.